The van der Waals surface area contributed by atoms with Gasteiger partial charge in [-0.3, -0.25) is 0 Å². The summed E-state index contributed by atoms with van der Waals surface area (Å²) < 4.78 is 0. The molecule has 0 heteroatoms. The monoisotopic (exact) mass is 134 g/mol. The lowest BCUT2D eigenvalue weighted by Gasteiger charge is -1.74. The average molecular weight is 134 g/mol. The Morgan fingerprint density at radius 2 is 2.00 bits per heavy atom. The highest BCUT2D eigenvalue weighted by molar-refractivity contribution is 5.08. The van der Waals surface area contributed by atoms with Gasteiger partial charge < -0.3 is 0 Å². The summed E-state index contributed by atoms with van der Waals surface area (Å²) in [6.07, 6.45) is 9.92. The molecule has 0 saturated heterocycles. The molecule has 0 N–H and O–H groups in total. The molecule has 0 nitrogen and oxygen atoms in total. The SMILES string of the molecule is C/C=C\C=C/CC#CCC. The van der Waals surface area contributed by atoms with E-state index in [9.17, 15) is 0 Å². The molecule has 0 heterocycles. The van der Waals surface area contributed by atoms with Crippen LogP contribution in [0.5, 0.6) is 0 Å². The molecule has 0 aromatic carbocycles. The first-order valence-corrected chi connectivity index (χ1v) is 3.65. The molecular formula is C10H14. The average Bonchev–Trinajstić information content (AvgIpc) is 1.97. The van der Waals surface area contributed by atoms with Crippen LogP contribution in [0, 0.1) is 11.8 Å². The predicted octanol–water partition coefficient (Wildman–Crippen LogP) is 2.92. The van der Waals surface area contributed by atoms with Gasteiger partial charge in [0.2, 0.25) is 0 Å². The quantitative estimate of drug-likeness (QED) is 0.402. The zero-order valence-electron chi connectivity index (χ0n) is 6.72. The lowest BCUT2D eigenvalue weighted by atomic mass is 10.3. The second-order valence-corrected chi connectivity index (χ2v) is 1.87. The molecule has 0 fully saturated rings. The van der Waals surface area contributed by atoms with Crippen molar-refractivity contribution in [3.05, 3.63) is 24.3 Å². The summed E-state index contributed by atoms with van der Waals surface area (Å²) in [5.41, 5.74) is 0. The first-order chi connectivity index (χ1) is 4.91. The molecule has 0 aliphatic heterocycles. The molecule has 0 radical (unpaired) electrons. The molecule has 0 saturated carbocycles. The predicted molar refractivity (Wildman–Crippen MR) is 46.6 cm³/mol. The summed E-state index contributed by atoms with van der Waals surface area (Å²) in [5.74, 6) is 6.02. The van der Waals surface area contributed by atoms with Crippen LogP contribution in [-0.4, -0.2) is 0 Å². The van der Waals surface area contributed by atoms with Crippen LogP contribution in [0.4, 0.5) is 0 Å². The fourth-order valence-corrected chi connectivity index (χ4v) is 0.514. The smallest absolute Gasteiger partial charge is 0.0272 e. The maximum Gasteiger partial charge on any atom is 0.0272 e. The number of rotatable bonds is 2. The van der Waals surface area contributed by atoms with Gasteiger partial charge in [0.05, 0.1) is 0 Å². The zero-order valence-corrected chi connectivity index (χ0v) is 6.72. The van der Waals surface area contributed by atoms with E-state index in [0.717, 1.165) is 12.8 Å². The molecular weight excluding hydrogens is 120 g/mol. The highest BCUT2D eigenvalue weighted by Crippen LogP contribution is 1.82. The van der Waals surface area contributed by atoms with Crippen LogP contribution < -0.4 is 0 Å². The summed E-state index contributed by atoms with van der Waals surface area (Å²) >= 11 is 0. The van der Waals surface area contributed by atoms with E-state index in [1.807, 2.05) is 25.2 Å². The van der Waals surface area contributed by atoms with Gasteiger partial charge >= 0.3 is 0 Å². The van der Waals surface area contributed by atoms with Crippen LogP contribution in [0.2, 0.25) is 0 Å². The zero-order chi connectivity index (χ0) is 7.66. The highest BCUT2D eigenvalue weighted by atomic mass is 13.7. The first kappa shape index (κ1) is 9.04. The Kier molecular flexibility index (Phi) is 7.27. The summed E-state index contributed by atoms with van der Waals surface area (Å²) in [5, 5.41) is 0. The van der Waals surface area contributed by atoms with Crippen LogP contribution in [0.25, 0.3) is 0 Å². The van der Waals surface area contributed by atoms with Gasteiger partial charge in [-0.05, 0) is 6.92 Å². The summed E-state index contributed by atoms with van der Waals surface area (Å²) in [7, 11) is 0. The van der Waals surface area contributed by atoms with E-state index < -0.39 is 0 Å². The van der Waals surface area contributed by atoms with Gasteiger partial charge in [0.25, 0.3) is 0 Å². The Hall–Kier alpha value is -0.960. The molecule has 54 valence electrons. The van der Waals surface area contributed by atoms with Gasteiger partial charge in [-0.15, -0.1) is 5.92 Å². The lowest BCUT2D eigenvalue weighted by Crippen LogP contribution is -1.58. The summed E-state index contributed by atoms with van der Waals surface area (Å²) in [6.45, 7) is 4.06. The third-order valence-corrected chi connectivity index (χ3v) is 0.961. The molecule has 0 spiro atoms. The van der Waals surface area contributed by atoms with Gasteiger partial charge in [0, 0.05) is 12.8 Å². The summed E-state index contributed by atoms with van der Waals surface area (Å²) in [4.78, 5) is 0. The van der Waals surface area contributed by atoms with Gasteiger partial charge in [-0.25, -0.2) is 0 Å². The molecule has 0 aromatic heterocycles. The van der Waals surface area contributed by atoms with Crippen molar-refractivity contribution < 1.29 is 0 Å². The van der Waals surface area contributed by atoms with Crippen molar-refractivity contribution in [2.75, 3.05) is 0 Å². The van der Waals surface area contributed by atoms with Gasteiger partial charge in [-0.1, -0.05) is 37.1 Å². The van der Waals surface area contributed by atoms with Crippen molar-refractivity contribution in [1.29, 1.82) is 0 Å². The van der Waals surface area contributed by atoms with Gasteiger partial charge in [-0.2, -0.15) is 0 Å². The maximum atomic E-state index is 3.02. The van der Waals surface area contributed by atoms with Crippen LogP contribution >= 0.6 is 0 Å². The van der Waals surface area contributed by atoms with Crippen LogP contribution in [0.3, 0.4) is 0 Å². The standard InChI is InChI=1S/C10H14/c1-3-5-7-9-10-8-6-4-2/h3,5,7,9H,4,10H2,1-2H3/b5-3-,9-7-. The minimum absolute atomic E-state index is 0.873. The summed E-state index contributed by atoms with van der Waals surface area (Å²) in [6, 6.07) is 0. The lowest BCUT2D eigenvalue weighted by molar-refractivity contribution is 1.27. The highest BCUT2D eigenvalue weighted by Gasteiger charge is 1.65. The second-order valence-electron chi connectivity index (χ2n) is 1.87. The molecule has 0 aliphatic carbocycles. The Bertz CT molecular complexity index is 162. The Morgan fingerprint density at radius 1 is 1.20 bits per heavy atom. The minimum Gasteiger partial charge on any atom is -0.103 e. The van der Waals surface area contributed by atoms with E-state index in [4.69, 9.17) is 0 Å². The van der Waals surface area contributed by atoms with E-state index in [-0.39, 0.29) is 0 Å². The third-order valence-electron chi connectivity index (χ3n) is 0.961. The van der Waals surface area contributed by atoms with Crippen LogP contribution in [0.15, 0.2) is 24.3 Å². The molecule has 0 atom stereocenters. The normalized spacial score (nSPS) is 10.2. The molecule has 0 aliphatic rings. The molecule has 0 amide bonds. The minimum atomic E-state index is 0.873. The fraction of sp³-hybridized carbons (Fsp3) is 0.400. The second kappa shape index (κ2) is 8.04. The van der Waals surface area contributed by atoms with E-state index in [0.29, 0.717) is 0 Å². The Labute approximate surface area is 63.6 Å². The van der Waals surface area contributed by atoms with Gasteiger partial charge in [0.15, 0.2) is 0 Å². The van der Waals surface area contributed by atoms with E-state index in [2.05, 4.69) is 24.8 Å². The number of hydrogen-bond donors (Lipinski definition) is 0. The van der Waals surface area contributed by atoms with Crippen molar-refractivity contribution in [3.63, 3.8) is 0 Å². The fourth-order valence-electron chi connectivity index (χ4n) is 0.514. The largest absolute Gasteiger partial charge is 0.103 e. The molecule has 0 bridgehead atoms. The van der Waals surface area contributed by atoms with E-state index >= 15 is 0 Å². The van der Waals surface area contributed by atoms with Gasteiger partial charge in [0.1, 0.15) is 0 Å². The van der Waals surface area contributed by atoms with E-state index in [1.54, 1.807) is 0 Å². The van der Waals surface area contributed by atoms with Crippen molar-refractivity contribution in [3.8, 4) is 11.8 Å². The molecule has 10 heavy (non-hydrogen) atoms. The van der Waals surface area contributed by atoms with Crippen LogP contribution in [0.1, 0.15) is 26.7 Å². The number of allylic oxidation sites excluding steroid dienone is 4. The van der Waals surface area contributed by atoms with Crippen molar-refractivity contribution >= 4 is 0 Å². The Morgan fingerprint density at radius 3 is 2.60 bits per heavy atom. The number of hydrogen-bond acceptors (Lipinski definition) is 0. The molecule has 0 unspecified atom stereocenters. The molecule has 0 rings (SSSR count). The van der Waals surface area contributed by atoms with Crippen molar-refractivity contribution in [1.82, 2.24) is 0 Å². The molecule has 0 aromatic rings. The topological polar surface area (TPSA) is 0 Å². The first-order valence-electron chi connectivity index (χ1n) is 3.65. The maximum absolute atomic E-state index is 3.02. The van der Waals surface area contributed by atoms with Crippen molar-refractivity contribution in [2.45, 2.75) is 26.7 Å². The Balaban J connectivity index is 3.35. The van der Waals surface area contributed by atoms with Crippen LogP contribution in [-0.2, 0) is 0 Å². The third kappa shape index (κ3) is 7.04. The van der Waals surface area contributed by atoms with E-state index in [1.165, 1.54) is 0 Å². The van der Waals surface area contributed by atoms with Crippen molar-refractivity contribution in [2.24, 2.45) is 0 Å².